The van der Waals surface area contributed by atoms with Crippen LogP contribution in [0, 0.1) is 5.41 Å². The van der Waals surface area contributed by atoms with E-state index in [4.69, 9.17) is 11.1 Å². The molecule has 0 aliphatic rings. The number of halogens is 1. The number of carboxylic acid groups (broad SMARTS) is 1. The number of carboxylic acids is 1. The van der Waals surface area contributed by atoms with Gasteiger partial charge >= 0.3 is 5.97 Å². The first-order valence-electron chi connectivity index (χ1n) is 9.60. The van der Waals surface area contributed by atoms with Gasteiger partial charge in [-0.2, -0.15) is 0 Å². The Labute approximate surface area is 187 Å². The highest BCUT2D eigenvalue weighted by Crippen LogP contribution is 2.41. The van der Waals surface area contributed by atoms with Gasteiger partial charge in [0.25, 0.3) is 0 Å². The highest BCUT2D eigenvalue weighted by atomic mass is 79.9. The summed E-state index contributed by atoms with van der Waals surface area (Å²) >= 11 is 3.35. The number of aromatic hydroxyl groups is 1. The Balaban J connectivity index is 1.97. The molecular weight excluding hydrogens is 458 g/mol. The number of carbonyl (C=O) groups is 1. The van der Waals surface area contributed by atoms with Crippen LogP contribution in [-0.2, 0) is 17.6 Å². The number of phenolic OH excluding ortho intramolecular Hbond substituents is 1. The van der Waals surface area contributed by atoms with Gasteiger partial charge in [0.1, 0.15) is 11.6 Å². The van der Waals surface area contributed by atoms with Gasteiger partial charge in [0.15, 0.2) is 0 Å². The molecule has 0 fully saturated rings. The van der Waals surface area contributed by atoms with Gasteiger partial charge in [-0.3, -0.25) is 10.2 Å². The molecule has 7 heteroatoms. The Bertz CT molecular complexity index is 1310. The van der Waals surface area contributed by atoms with Gasteiger partial charge in [-0.05, 0) is 63.0 Å². The van der Waals surface area contributed by atoms with Crippen LogP contribution in [0.2, 0.25) is 0 Å². The standard InChI is InChI=1S/C24H20BrN3O3/c25-19-10-14(11-21(29)30)9-18(23(19)31)22-17(8-13-4-2-1-3-5-13)16-12-15(24(26)27)6-7-20(16)28-22/h1-7,9-10,12,28,31H,8,11H2,(H3,26,27)(H,29,30). The maximum Gasteiger partial charge on any atom is 0.307 e. The second-order valence-electron chi connectivity index (χ2n) is 7.36. The SMILES string of the molecule is N=C(N)c1ccc2[nH]c(-c3cc(CC(=O)O)cc(Br)c3O)c(Cc3ccccc3)c2c1. The fourth-order valence-electron chi connectivity index (χ4n) is 3.75. The van der Waals surface area contributed by atoms with E-state index in [0.29, 0.717) is 33.3 Å². The van der Waals surface area contributed by atoms with E-state index in [-0.39, 0.29) is 18.0 Å². The van der Waals surface area contributed by atoms with Crippen molar-refractivity contribution in [3.8, 4) is 17.0 Å². The number of aliphatic carboxylic acids is 1. The summed E-state index contributed by atoms with van der Waals surface area (Å²) in [4.78, 5) is 14.6. The molecule has 156 valence electrons. The lowest BCUT2D eigenvalue weighted by Gasteiger charge is -2.11. The highest BCUT2D eigenvalue weighted by molar-refractivity contribution is 9.10. The van der Waals surface area contributed by atoms with Crippen LogP contribution in [0.15, 0.2) is 65.1 Å². The van der Waals surface area contributed by atoms with Crippen molar-refractivity contribution in [3.63, 3.8) is 0 Å². The number of aromatic amines is 1. The van der Waals surface area contributed by atoms with E-state index >= 15 is 0 Å². The van der Waals surface area contributed by atoms with E-state index < -0.39 is 5.97 Å². The van der Waals surface area contributed by atoms with Crippen molar-refractivity contribution in [2.24, 2.45) is 5.73 Å². The minimum atomic E-state index is -0.948. The minimum Gasteiger partial charge on any atom is -0.506 e. The van der Waals surface area contributed by atoms with E-state index in [9.17, 15) is 15.0 Å². The third-order valence-electron chi connectivity index (χ3n) is 5.19. The first-order valence-corrected chi connectivity index (χ1v) is 10.4. The maximum absolute atomic E-state index is 11.2. The molecule has 3 aromatic carbocycles. The van der Waals surface area contributed by atoms with E-state index in [2.05, 4.69) is 20.9 Å². The summed E-state index contributed by atoms with van der Waals surface area (Å²) in [6.45, 7) is 0. The lowest BCUT2D eigenvalue weighted by atomic mass is 9.96. The summed E-state index contributed by atoms with van der Waals surface area (Å²) in [5.74, 6) is -0.943. The van der Waals surface area contributed by atoms with E-state index in [1.54, 1.807) is 18.2 Å². The Morgan fingerprint density at radius 1 is 1.06 bits per heavy atom. The molecule has 0 atom stereocenters. The molecule has 0 bridgehead atoms. The van der Waals surface area contributed by atoms with E-state index in [0.717, 1.165) is 22.0 Å². The van der Waals surface area contributed by atoms with E-state index in [1.807, 2.05) is 42.5 Å². The number of rotatable bonds is 6. The van der Waals surface area contributed by atoms with Crippen LogP contribution >= 0.6 is 15.9 Å². The molecule has 0 unspecified atom stereocenters. The number of aromatic nitrogens is 1. The minimum absolute atomic E-state index is 0.0237. The van der Waals surface area contributed by atoms with Gasteiger partial charge in [-0.25, -0.2) is 0 Å². The van der Waals surface area contributed by atoms with Crippen LogP contribution in [-0.4, -0.2) is 27.0 Å². The maximum atomic E-state index is 11.2. The number of benzene rings is 3. The molecule has 0 radical (unpaired) electrons. The molecule has 31 heavy (non-hydrogen) atoms. The van der Waals surface area contributed by atoms with Gasteiger partial charge in [0.2, 0.25) is 0 Å². The number of nitrogens with one attached hydrogen (secondary N) is 2. The topological polar surface area (TPSA) is 123 Å². The van der Waals surface area contributed by atoms with Gasteiger partial charge in [0, 0.05) is 28.5 Å². The molecular formula is C24H20BrN3O3. The van der Waals surface area contributed by atoms with Gasteiger partial charge in [0.05, 0.1) is 16.6 Å². The molecule has 4 rings (SSSR count). The highest BCUT2D eigenvalue weighted by Gasteiger charge is 2.20. The van der Waals surface area contributed by atoms with Crippen molar-refractivity contribution in [1.29, 1.82) is 5.41 Å². The average Bonchev–Trinajstić information content (AvgIpc) is 3.08. The lowest BCUT2D eigenvalue weighted by Crippen LogP contribution is -2.10. The molecule has 0 saturated heterocycles. The number of hydrogen-bond donors (Lipinski definition) is 5. The van der Waals surface area contributed by atoms with Crippen molar-refractivity contribution < 1.29 is 15.0 Å². The fraction of sp³-hybridized carbons (Fsp3) is 0.0833. The average molecular weight is 478 g/mol. The van der Waals surface area contributed by atoms with Gasteiger partial charge < -0.3 is 20.9 Å². The van der Waals surface area contributed by atoms with Gasteiger partial charge in [-0.15, -0.1) is 0 Å². The number of fused-ring (bicyclic) bond motifs is 1. The number of nitrogens with two attached hydrogens (primary N) is 1. The van der Waals surface area contributed by atoms with Crippen LogP contribution in [0.1, 0.15) is 22.3 Å². The quantitative estimate of drug-likeness (QED) is 0.202. The van der Waals surface area contributed by atoms with Crippen molar-refractivity contribution in [2.75, 3.05) is 0 Å². The van der Waals surface area contributed by atoms with Crippen molar-refractivity contribution >= 4 is 38.6 Å². The number of amidine groups is 1. The number of H-pyrrole nitrogens is 1. The predicted molar refractivity (Wildman–Crippen MR) is 125 cm³/mol. The Kier molecular flexibility index (Phi) is 5.52. The molecule has 4 aromatic rings. The van der Waals surface area contributed by atoms with E-state index in [1.165, 1.54) is 0 Å². The molecule has 0 aliphatic heterocycles. The molecule has 0 spiro atoms. The summed E-state index contributed by atoms with van der Waals surface area (Å²) in [5.41, 5.74) is 10.9. The van der Waals surface area contributed by atoms with Crippen molar-refractivity contribution in [3.05, 3.63) is 87.4 Å². The zero-order valence-electron chi connectivity index (χ0n) is 16.4. The second kappa shape index (κ2) is 8.28. The van der Waals surface area contributed by atoms with Crippen LogP contribution in [0.3, 0.4) is 0 Å². The number of nitrogen functional groups attached to an aromatic ring is 1. The molecule has 1 aromatic heterocycles. The summed E-state index contributed by atoms with van der Waals surface area (Å²) in [5, 5.41) is 28.7. The van der Waals surface area contributed by atoms with Crippen LogP contribution in [0.5, 0.6) is 5.75 Å². The Morgan fingerprint density at radius 2 is 1.81 bits per heavy atom. The predicted octanol–water partition coefficient (Wildman–Crippen LogP) is 4.80. The Hall–Kier alpha value is -3.58. The number of hydrogen-bond acceptors (Lipinski definition) is 3. The third kappa shape index (κ3) is 4.18. The molecule has 0 amide bonds. The molecule has 6 nitrogen and oxygen atoms in total. The largest absolute Gasteiger partial charge is 0.506 e. The molecule has 6 N–H and O–H groups in total. The number of phenols is 1. The van der Waals surface area contributed by atoms with Gasteiger partial charge in [-0.1, -0.05) is 30.3 Å². The first kappa shape index (κ1) is 20.7. The summed E-state index contributed by atoms with van der Waals surface area (Å²) < 4.78 is 0.426. The van der Waals surface area contributed by atoms with Crippen molar-refractivity contribution in [1.82, 2.24) is 4.98 Å². The molecule has 1 heterocycles. The smallest absolute Gasteiger partial charge is 0.307 e. The Morgan fingerprint density at radius 3 is 2.48 bits per heavy atom. The summed E-state index contributed by atoms with van der Waals surface area (Å²) in [6.07, 6.45) is 0.423. The lowest BCUT2D eigenvalue weighted by molar-refractivity contribution is -0.136. The molecule has 0 saturated carbocycles. The van der Waals surface area contributed by atoms with Crippen LogP contribution in [0.4, 0.5) is 0 Å². The third-order valence-corrected chi connectivity index (χ3v) is 5.79. The van der Waals surface area contributed by atoms with Crippen LogP contribution in [0.25, 0.3) is 22.2 Å². The molecule has 0 aliphatic carbocycles. The fourth-order valence-corrected chi connectivity index (χ4v) is 4.26. The first-order chi connectivity index (χ1) is 14.8. The zero-order chi connectivity index (χ0) is 22.1. The van der Waals surface area contributed by atoms with Crippen molar-refractivity contribution in [2.45, 2.75) is 12.8 Å². The monoisotopic (exact) mass is 477 g/mol. The second-order valence-corrected chi connectivity index (χ2v) is 8.21. The summed E-state index contributed by atoms with van der Waals surface area (Å²) in [7, 11) is 0. The zero-order valence-corrected chi connectivity index (χ0v) is 18.0. The van der Waals surface area contributed by atoms with Crippen LogP contribution < -0.4 is 5.73 Å². The normalized spacial score (nSPS) is 11.0. The summed E-state index contributed by atoms with van der Waals surface area (Å²) in [6, 6.07) is 18.7.